The third kappa shape index (κ3) is 2.44. The lowest BCUT2D eigenvalue weighted by Gasteiger charge is -2.22. The number of anilines is 2. The van der Waals surface area contributed by atoms with E-state index in [0.29, 0.717) is 25.0 Å². The summed E-state index contributed by atoms with van der Waals surface area (Å²) >= 11 is 0. The van der Waals surface area contributed by atoms with E-state index in [-0.39, 0.29) is 22.8 Å². The number of aromatic carboxylic acids is 1. The van der Waals surface area contributed by atoms with E-state index in [1.54, 1.807) is 15.5 Å². The summed E-state index contributed by atoms with van der Waals surface area (Å²) in [6.45, 7) is 0.784. The second kappa shape index (κ2) is 5.45. The summed E-state index contributed by atoms with van der Waals surface area (Å²) in [6, 6.07) is 1.63. The maximum atomic E-state index is 14.8. The van der Waals surface area contributed by atoms with Crippen LogP contribution in [0.5, 0.6) is 0 Å². The van der Waals surface area contributed by atoms with Crippen molar-refractivity contribution in [1.82, 2.24) is 4.57 Å². The Bertz CT molecular complexity index is 951. The fourth-order valence-corrected chi connectivity index (χ4v) is 3.49. The molecule has 1 unspecified atom stereocenters. The zero-order chi connectivity index (χ0) is 17.9. The molecule has 132 valence electrons. The summed E-state index contributed by atoms with van der Waals surface area (Å²) in [5.41, 5.74) is 5.06. The van der Waals surface area contributed by atoms with Gasteiger partial charge in [0.25, 0.3) is 0 Å². The summed E-state index contributed by atoms with van der Waals surface area (Å²) in [5, 5.41) is 18.9. The van der Waals surface area contributed by atoms with E-state index in [0.717, 1.165) is 12.8 Å². The van der Waals surface area contributed by atoms with Crippen LogP contribution in [0, 0.1) is 5.82 Å². The number of β-amino-alcohol motifs (C(OH)–C–C–N with tert-alkyl or cyclic N) is 1. The number of rotatable bonds is 3. The minimum atomic E-state index is -1.35. The molecular weight excluding hydrogens is 329 g/mol. The Hall–Kier alpha value is -2.61. The van der Waals surface area contributed by atoms with Gasteiger partial charge in [-0.3, -0.25) is 4.79 Å². The van der Waals surface area contributed by atoms with E-state index < -0.39 is 28.9 Å². The Morgan fingerprint density at radius 3 is 2.60 bits per heavy atom. The number of aromatic nitrogens is 1. The van der Waals surface area contributed by atoms with Gasteiger partial charge in [-0.05, 0) is 25.3 Å². The molecule has 1 saturated heterocycles. The molecule has 1 aliphatic heterocycles. The molecule has 4 N–H and O–H groups in total. The molecule has 1 aromatic carbocycles. The molecule has 1 atom stereocenters. The number of aliphatic hydroxyl groups excluding tert-OH is 1. The topological polar surface area (TPSA) is 109 Å². The van der Waals surface area contributed by atoms with Crippen molar-refractivity contribution in [3.8, 4) is 0 Å². The average molecular weight is 347 g/mol. The number of nitrogens with zero attached hydrogens (tertiary/aromatic N) is 2. The van der Waals surface area contributed by atoms with Gasteiger partial charge >= 0.3 is 5.97 Å². The highest BCUT2D eigenvalue weighted by Crippen LogP contribution is 2.40. The number of carbonyl (C=O) groups is 1. The minimum Gasteiger partial charge on any atom is -0.477 e. The molecule has 2 aliphatic rings. The number of carboxylic acids is 1. The molecular formula is C17H18FN3O4. The number of carboxylic acid groups (broad SMARTS) is 1. The smallest absolute Gasteiger partial charge is 0.341 e. The lowest BCUT2D eigenvalue weighted by Crippen LogP contribution is -2.25. The molecule has 25 heavy (non-hydrogen) atoms. The van der Waals surface area contributed by atoms with Gasteiger partial charge in [-0.2, -0.15) is 0 Å². The molecule has 2 aromatic rings. The van der Waals surface area contributed by atoms with Crippen molar-refractivity contribution in [2.75, 3.05) is 23.7 Å². The third-order valence-electron chi connectivity index (χ3n) is 4.95. The van der Waals surface area contributed by atoms with Crippen molar-refractivity contribution in [3.63, 3.8) is 0 Å². The number of fused-ring (bicyclic) bond motifs is 1. The van der Waals surface area contributed by atoms with Crippen molar-refractivity contribution in [3.05, 3.63) is 33.9 Å². The van der Waals surface area contributed by atoms with Crippen molar-refractivity contribution in [1.29, 1.82) is 0 Å². The summed E-state index contributed by atoms with van der Waals surface area (Å²) in [6.07, 6.45) is 3.06. The number of hydrogen-bond donors (Lipinski definition) is 3. The van der Waals surface area contributed by atoms with Gasteiger partial charge in [-0.1, -0.05) is 0 Å². The van der Waals surface area contributed by atoms with Gasteiger partial charge in [0.2, 0.25) is 5.43 Å². The summed E-state index contributed by atoms with van der Waals surface area (Å²) < 4.78 is 16.5. The van der Waals surface area contributed by atoms with Crippen molar-refractivity contribution >= 4 is 28.2 Å². The van der Waals surface area contributed by atoms with Gasteiger partial charge < -0.3 is 25.4 Å². The van der Waals surface area contributed by atoms with Crippen LogP contribution in [-0.4, -0.2) is 39.9 Å². The Morgan fingerprint density at radius 2 is 2.04 bits per heavy atom. The molecule has 7 nitrogen and oxygen atoms in total. The van der Waals surface area contributed by atoms with Crippen LogP contribution in [0.3, 0.4) is 0 Å². The SMILES string of the molecule is Nc1c(F)c(N2CCC(O)C2)cc2c1c(=O)c(C(=O)O)cn2C1CC1. The van der Waals surface area contributed by atoms with E-state index >= 15 is 0 Å². The molecule has 0 radical (unpaired) electrons. The van der Waals surface area contributed by atoms with Crippen LogP contribution in [-0.2, 0) is 0 Å². The molecule has 0 amide bonds. The van der Waals surface area contributed by atoms with E-state index in [9.17, 15) is 24.2 Å². The predicted octanol–water partition coefficient (Wildman–Crippen LogP) is 1.33. The first-order valence-corrected chi connectivity index (χ1v) is 8.21. The largest absolute Gasteiger partial charge is 0.477 e. The standard InChI is InChI=1S/C17H18FN3O4/c18-14-12(20-4-3-9(22)6-20)5-11-13(15(14)19)16(23)10(17(24)25)7-21(11)8-1-2-8/h5,7-9,22H,1-4,6,19H2,(H,24,25). The van der Waals surface area contributed by atoms with Crippen LogP contribution in [0.1, 0.15) is 35.7 Å². The van der Waals surface area contributed by atoms with Crippen LogP contribution in [0.4, 0.5) is 15.8 Å². The number of hydrogen-bond acceptors (Lipinski definition) is 5. The Balaban J connectivity index is 2.02. The molecule has 2 fully saturated rings. The minimum absolute atomic E-state index is 0.0862. The number of halogens is 1. The van der Waals surface area contributed by atoms with E-state index in [4.69, 9.17) is 5.73 Å². The van der Waals surface area contributed by atoms with Gasteiger partial charge in [0.15, 0.2) is 5.82 Å². The summed E-state index contributed by atoms with van der Waals surface area (Å²) in [5.74, 6) is -2.10. The number of pyridine rings is 1. The molecule has 0 spiro atoms. The maximum Gasteiger partial charge on any atom is 0.341 e. The van der Waals surface area contributed by atoms with E-state index in [1.807, 2.05) is 0 Å². The third-order valence-corrected chi connectivity index (χ3v) is 4.95. The van der Waals surface area contributed by atoms with Crippen LogP contribution < -0.4 is 16.1 Å². The normalized spacial score (nSPS) is 20.4. The molecule has 4 rings (SSSR count). The average Bonchev–Trinajstić information content (AvgIpc) is 3.31. The lowest BCUT2D eigenvalue weighted by molar-refractivity contribution is 0.0695. The maximum absolute atomic E-state index is 14.8. The van der Waals surface area contributed by atoms with E-state index in [1.165, 1.54) is 6.20 Å². The summed E-state index contributed by atoms with van der Waals surface area (Å²) in [7, 11) is 0. The van der Waals surface area contributed by atoms with Gasteiger partial charge in [-0.15, -0.1) is 0 Å². The van der Waals surface area contributed by atoms with Crippen LogP contribution in [0.25, 0.3) is 10.9 Å². The van der Waals surface area contributed by atoms with Crippen molar-refractivity contribution in [2.24, 2.45) is 0 Å². The molecule has 1 aliphatic carbocycles. The first-order valence-electron chi connectivity index (χ1n) is 8.21. The van der Waals surface area contributed by atoms with Crippen molar-refractivity contribution in [2.45, 2.75) is 31.4 Å². The monoisotopic (exact) mass is 347 g/mol. The van der Waals surface area contributed by atoms with Gasteiger partial charge in [-0.25, -0.2) is 9.18 Å². The highest BCUT2D eigenvalue weighted by atomic mass is 19.1. The number of benzene rings is 1. The zero-order valence-electron chi connectivity index (χ0n) is 13.4. The number of nitrogens with two attached hydrogens (primary N) is 1. The van der Waals surface area contributed by atoms with E-state index in [2.05, 4.69) is 0 Å². The summed E-state index contributed by atoms with van der Waals surface area (Å²) in [4.78, 5) is 25.6. The molecule has 2 heterocycles. The van der Waals surface area contributed by atoms with Crippen molar-refractivity contribution < 1.29 is 19.4 Å². The fraction of sp³-hybridized carbons (Fsp3) is 0.412. The van der Waals surface area contributed by atoms with Crippen LogP contribution in [0.15, 0.2) is 17.1 Å². The van der Waals surface area contributed by atoms with Gasteiger partial charge in [0.05, 0.1) is 28.4 Å². The fourth-order valence-electron chi connectivity index (χ4n) is 3.49. The molecule has 8 heteroatoms. The highest BCUT2D eigenvalue weighted by molar-refractivity contribution is 5.99. The predicted molar refractivity (Wildman–Crippen MR) is 90.6 cm³/mol. The highest BCUT2D eigenvalue weighted by Gasteiger charge is 2.30. The number of nitrogen functional groups attached to an aromatic ring is 1. The Morgan fingerprint density at radius 1 is 1.32 bits per heavy atom. The first kappa shape index (κ1) is 15.9. The second-order valence-corrected chi connectivity index (χ2v) is 6.72. The number of aliphatic hydroxyl groups is 1. The van der Waals surface area contributed by atoms with Crippen LogP contribution in [0.2, 0.25) is 0 Å². The lowest BCUT2D eigenvalue weighted by atomic mass is 10.1. The zero-order valence-corrected chi connectivity index (χ0v) is 13.4. The first-order chi connectivity index (χ1) is 11.9. The Kier molecular flexibility index (Phi) is 3.47. The second-order valence-electron chi connectivity index (χ2n) is 6.72. The molecule has 0 bridgehead atoms. The molecule has 1 saturated carbocycles. The van der Waals surface area contributed by atoms with Gasteiger partial charge in [0.1, 0.15) is 5.56 Å². The Labute approximate surface area is 142 Å². The van der Waals surface area contributed by atoms with Crippen LogP contribution >= 0.6 is 0 Å². The van der Waals surface area contributed by atoms with Gasteiger partial charge in [0, 0.05) is 25.3 Å². The quantitative estimate of drug-likeness (QED) is 0.723. The molecule has 1 aromatic heterocycles.